The number of aryl methyl sites for hydroxylation is 1. The molecule has 0 unspecified atom stereocenters. The maximum Gasteiger partial charge on any atom is 0.220 e. The number of nitrogens with one attached hydrogen (secondary N) is 1. The zero-order chi connectivity index (χ0) is 16.3. The first-order valence-electron chi connectivity index (χ1n) is 7.88. The molecule has 2 aromatic carbocycles. The lowest BCUT2D eigenvalue weighted by Crippen LogP contribution is -2.25. The number of rotatable bonds is 9. The van der Waals surface area contributed by atoms with E-state index in [4.69, 9.17) is 4.74 Å². The highest BCUT2D eigenvalue weighted by atomic mass is 32.2. The average Bonchev–Trinajstić information content (AvgIpc) is 2.58. The molecule has 0 spiro atoms. The first-order chi connectivity index (χ1) is 11.2. The summed E-state index contributed by atoms with van der Waals surface area (Å²) in [6.07, 6.45) is 1.23. The standard InChI is InChI=1S/C19H23NO2S/c1-16-9-11-18(12-10-16)23-15-13-20-19(21)8-5-14-22-17-6-3-2-4-7-17/h2-4,6-7,9-12H,5,8,13-15H2,1H3,(H,20,21). The van der Waals surface area contributed by atoms with E-state index in [1.807, 2.05) is 30.3 Å². The topological polar surface area (TPSA) is 38.3 Å². The Morgan fingerprint density at radius 1 is 1.09 bits per heavy atom. The van der Waals surface area contributed by atoms with Crippen molar-refractivity contribution in [2.75, 3.05) is 18.9 Å². The number of amides is 1. The van der Waals surface area contributed by atoms with Gasteiger partial charge in [0.25, 0.3) is 0 Å². The van der Waals surface area contributed by atoms with Crippen molar-refractivity contribution >= 4 is 17.7 Å². The predicted molar refractivity (Wildman–Crippen MR) is 96.1 cm³/mol. The van der Waals surface area contributed by atoms with Gasteiger partial charge >= 0.3 is 0 Å². The van der Waals surface area contributed by atoms with Crippen molar-refractivity contribution < 1.29 is 9.53 Å². The van der Waals surface area contributed by atoms with E-state index in [2.05, 4.69) is 36.5 Å². The Labute approximate surface area is 142 Å². The third-order valence-electron chi connectivity index (χ3n) is 3.27. The third kappa shape index (κ3) is 7.24. The quantitative estimate of drug-likeness (QED) is 0.557. The number of thioether (sulfide) groups is 1. The fourth-order valence-corrected chi connectivity index (χ4v) is 2.79. The number of benzene rings is 2. The summed E-state index contributed by atoms with van der Waals surface area (Å²) in [6, 6.07) is 18.1. The van der Waals surface area contributed by atoms with Gasteiger partial charge in [0.1, 0.15) is 5.75 Å². The van der Waals surface area contributed by atoms with E-state index in [1.165, 1.54) is 10.5 Å². The highest BCUT2D eigenvalue weighted by Crippen LogP contribution is 2.17. The van der Waals surface area contributed by atoms with Crippen LogP contribution in [-0.4, -0.2) is 24.8 Å². The van der Waals surface area contributed by atoms with Gasteiger partial charge in [-0.3, -0.25) is 4.79 Å². The Kier molecular flexibility index (Phi) is 7.54. The molecule has 0 aromatic heterocycles. The molecule has 1 amide bonds. The summed E-state index contributed by atoms with van der Waals surface area (Å²) in [5, 5.41) is 2.95. The van der Waals surface area contributed by atoms with E-state index >= 15 is 0 Å². The molecule has 3 nitrogen and oxygen atoms in total. The largest absolute Gasteiger partial charge is 0.494 e. The molecule has 1 N–H and O–H groups in total. The van der Waals surface area contributed by atoms with Gasteiger partial charge in [-0.05, 0) is 37.6 Å². The smallest absolute Gasteiger partial charge is 0.220 e. The number of hydrogen-bond acceptors (Lipinski definition) is 3. The summed E-state index contributed by atoms with van der Waals surface area (Å²) in [6.45, 7) is 3.34. The molecular formula is C19H23NO2S. The molecule has 0 aliphatic carbocycles. The van der Waals surface area contributed by atoms with Crippen molar-refractivity contribution in [3.05, 3.63) is 60.2 Å². The summed E-state index contributed by atoms with van der Waals surface area (Å²) in [5.41, 5.74) is 1.26. The SMILES string of the molecule is Cc1ccc(SCCNC(=O)CCCOc2ccccc2)cc1. The minimum Gasteiger partial charge on any atom is -0.494 e. The highest BCUT2D eigenvalue weighted by molar-refractivity contribution is 7.99. The van der Waals surface area contributed by atoms with Gasteiger partial charge in [-0.2, -0.15) is 0 Å². The summed E-state index contributed by atoms with van der Waals surface area (Å²) < 4.78 is 5.57. The number of carbonyl (C=O) groups excluding carboxylic acids is 1. The summed E-state index contributed by atoms with van der Waals surface area (Å²) in [7, 11) is 0. The van der Waals surface area contributed by atoms with Crippen molar-refractivity contribution in [2.45, 2.75) is 24.7 Å². The van der Waals surface area contributed by atoms with Crippen molar-refractivity contribution in [3.8, 4) is 5.75 Å². The first-order valence-corrected chi connectivity index (χ1v) is 8.86. The lowest BCUT2D eigenvalue weighted by atomic mass is 10.2. The molecule has 0 aliphatic heterocycles. The van der Waals surface area contributed by atoms with Gasteiger partial charge in [-0.15, -0.1) is 11.8 Å². The molecular weight excluding hydrogens is 306 g/mol. The molecule has 0 radical (unpaired) electrons. The van der Waals surface area contributed by atoms with Gasteiger partial charge in [-0.25, -0.2) is 0 Å². The zero-order valence-electron chi connectivity index (χ0n) is 13.5. The second-order valence-electron chi connectivity index (χ2n) is 5.28. The fourth-order valence-electron chi connectivity index (χ4n) is 2.02. The number of para-hydroxylation sites is 1. The van der Waals surface area contributed by atoms with Gasteiger partial charge in [0.15, 0.2) is 0 Å². The van der Waals surface area contributed by atoms with Crippen LogP contribution in [0.1, 0.15) is 18.4 Å². The van der Waals surface area contributed by atoms with Crippen LogP contribution in [0.4, 0.5) is 0 Å². The molecule has 2 aromatic rings. The average molecular weight is 329 g/mol. The van der Waals surface area contributed by atoms with Crippen LogP contribution in [0.25, 0.3) is 0 Å². The Bertz CT molecular complexity index is 584. The third-order valence-corrected chi connectivity index (χ3v) is 4.29. The van der Waals surface area contributed by atoms with Crippen LogP contribution in [0.5, 0.6) is 5.75 Å². The van der Waals surface area contributed by atoms with Crippen LogP contribution in [0.3, 0.4) is 0 Å². The van der Waals surface area contributed by atoms with Gasteiger partial charge in [0.2, 0.25) is 5.91 Å². The van der Waals surface area contributed by atoms with Gasteiger partial charge in [0.05, 0.1) is 6.61 Å². The van der Waals surface area contributed by atoms with E-state index < -0.39 is 0 Å². The van der Waals surface area contributed by atoms with Crippen LogP contribution >= 0.6 is 11.8 Å². The Hall–Kier alpha value is -1.94. The molecule has 2 rings (SSSR count). The van der Waals surface area contributed by atoms with E-state index in [-0.39, 0.29) is 5.91 Å². The Morgan fingerprint density at radius 2 is 1.83 bits per heavy atom. The normalized spacial score (nSPS) is 10.3. The Morgan fingerprint density at radius 3 is 2.57 bits per heavy atom. The van der Waals surface area contributed by atoms with E-state index in [0.29, 0.717) is 19.6 Å². The number of carbonyl (C=O) groups is 1. The van der Waals surface area contributed by atoms with Crippen molar-refractivity contribution in [3.63, 3.8) is 0 Å². The highest BCUT2D eigenvalue weighted by Gasteiger charge is 2.01. The molecule has 0 saturated heterocycles. The maximum atomic E-state index is 11.7. The molecule has 23 heavy (non-hydrogen) atoms. The van der Waals surface area contributed by atoms with E-state index in [9.17, 15) is 4.79 Å². The predicted octanol–water partition coefficient (Wildman–Crippen LogP) is 4.06. The monoisotopic (exact) mass is 329 g/mol. The zero-order valence-corrected chi connectivity index (χ0v) is 14.3. The van der Waals surface area contributed by atoms with Crippen molar-refractivity contribution in [2.24, 2.45) is 0 Å². The molecule has 0 atom stereocenters. The second kappa shape index (κ2) is 9.95. The second-order valence-corrected chi connectivity index (χ2v) is 6.44. The maximum absolute atomic E-state index is 11.7. The molecule has 4 heteroatoms. The van der Waals surface area contributed by atoms with Crippen LogP contribution in [0.15, 0.2) is 59.5 Å². The Balaban J connectivity index is 1.51. The van der Waals surface area contributed by atoms with Crippen molar-refractivity contribution in [1.29, 1.82) is 0 Å². The fraction of sp³-hybridized carbons (Fsp3) is 0.316. The molecule has 0 bridgehead atoms. The van der Waals surface area contributed by atoms with Gasteiger partial charge < -0.3 is 10.1 Å². The van der Waals surface area contributed by atoms with Gasteiger partial charge in [0, 0.05) is 23.6 Å². The minimum atomic E-state index is 0.0890. The van der Waals surface area contributed by atoms with Crippen LogP contribution in [0, 0.1) is 6.92 Å². The minimum absolute atomic E-state index is 0.0890. The van der Waals surface area contributed by atoms with Crippen LogP contribution in [-0.2, 0) is 4.79 Å². The summed E-state index contributed by atoms with van der Waals surface area (Å²) >= 11 is 1.76. The number of ether oxygens (including phenoxy) is 1. The van der Waals surface area contributed by atoms with E-state index in [0.717, 1.165) is 17.9 Å². The first kappa shape index (κ1) is 17.4. The molecule has 0 fully saturated rings. The summed E-state index contributed by atoms with van der Waals surface area (Å²) in [5.74, 6) is 1.82. The molecule has 122 valence electrons. The lowest BCUT2D eigenvalue weighted by Gasteiger charge is -2.07. The van der Waals surface area contributed by atoms with E-state index in [1.54, 1.807) is 11.8 Å². The summed E-state index contributed by atoms with van der Waals surface area (Å²) in [4.78, 5) is 13.0. The van der Waals surface area contributed by atoms with Gasteiger partial charge in [-0.1, -0.05) is 35.9 Å². The lowest BCUT2D eigenvalue weighted by molar-refractivity contribution is -0.121. The van der Waals surface area contributed by atoms with Crippen LogP contribution < -0.4 is 10.1 Å². The molecule has 0 heterocycles. The van der Waals surface area contributed by atoms with Crippen molar-refractivity contribution in [1.82, 2.24) is 5.32 Å². The number of hydrogen-bond donors (Lipinski definition) is 1. The molecule has 0 saturated carbocycles. The molecule has 0 aliphatic rings. The van der Waals surface area contributed by atoms with Crippen LogP contribution in [0.2, 0.25) is 0 Å².